The molecule has 10 nitrogen and oxygen atoms in total. The van der Waals surface area contributed by atoms with Gasteiger partial charge in [-0.05, 0) is 43.2 Å². The van der Waals surface area contributed by atoms with E-state index in [-0.39, 0.29) is 18.2 Å². The number of unbranched alkanes of at least 4 members (excludes halogenated alkanes) is 1. The Hall–Kier alpha value is -3.39. The summed E-state index contributed by atoms with van der Waals surface area (Å²) >= 11 is 0. The molecule has 0 radical (unpaired) electrons. The van der Waals surface area contributed by atoms with Crippen LogP contribution in [0.1, 0.15) is 12.8 Å². The first-order chi connectivity index (χ1) is 16.0. The number of nitrogens with two attached hydrogens (primary N) is 1. The molecule has 3 rings (SSSR count). The number of aromatic nitrogens is 4. The summed E-state index contributed by atoms with van der Waals surface area (Å²) in [6.07, 6.45) is -2.24. The topological polar surface area (TPSA) is 131 Å². The molecule has 0 unspecified atom stereocenters. The summed E-state index contributed by atoms with van der Waals surface area (Å²) in [5.41, 5.74) is 0.965. The molecule has 2 N–H and O–H groups in total. The molecule has 3 aromatic rings. The van der Waals surface area contributed by atoms with E-state index in [2.05, 4.69) is 15.1 Å². The summed E-state index contributed by atoms with van der Waals surface area (Å²) in [4.78, 5) is 8.19. The van der Waals surface area contributed by atoms with Crippen molar-refractivity contribution in [3.8, 4) is 34.7 Å². The highest BCUT2D eigenvalue weighted by Gasteiger charge is 2.29. The number of hydrogen-bond donors (Lipinski definition) is 1. The lowest BCUT2D eigenvalue weighted by Gasteiger charge is -2.08. The zero-order chi connectivity index (χ0) is 24.8. The number of alkyl halides is 3. The first-order valence-electron chi connectivity index (χ1n) is 9.95. The lowest BCUT2D eigenvalue weighted by atomic mass is 10.2. The van der Waals surface area contributed by atoms with Gasteiger partial charge in [-0.1, -0.05) is 0 Å². The predicted octanol–water partition coefficient (Wildman–Crippen LogP) is 2.73. The fourth-order valence-corrected chi connectivity index (χ4v) is 3.39. The van der Waals surface area contributed by atoms with E-state index in [0.29, 0.717) is 35.7 Å². The third kappa shape index (κ3) is 7.59. The van der Waals surface area contributed by atoms with Crippen LogP contribution in [0.3, 0.4) is 0 Å². The van der Waals surface area contributed by atoms with Crippen molar-refractivity contribution in [3.05, 3.63) is 42.6 Å². The second-order valence-electron chi connectivity index (χ2n) is 7.04. The van der Waals surface area contributed by atoms with Crippen LogP contribution in [0, 0.1) is 0 Å². The molecule has 2 heterocycles. The van der Waals surface area contributed by atoms with E-state index in [0.717, 1.165) is 0 Å². The van der Waals surface area contributed by atoms with Crippen molar-refractivity contribution in [2.45, 2.75) is 19.0 Å². The van der Waals surface area contributed by atoms with Gasteiger partial charge in [0, 0.05) is 11.6 Å². The second-order valence-corrected chi connectivity index (χ2v) is 8.77. The van der Waals surface area contributed by atoms with Gasteiger partial charge in [-0.15, -0.1) is 5.10 Å². The Balaban J connectivity index is 1.77. The number of pyridine rings is 1. The number of nitrogens with zero attached hydrogens (tertiary/aromatic N) is 4. The average molecular weight is 501 g/mol. The van der Waals surface area contributed by atoms with Crippen molar-refractivity contribution in [2.24, 2.45) is 5.14 Å². The van der Waals surface area contributed by atoms with Crippen molar-refractivity contribution in [1.29, 1.82) is 0 Å². The Morgan fingerprint density at radius 2 is 1.79 bits per heavy atom. The number of hydrogen-bond acceptors (Lipinski definition) is 8. The van der Waals surface area contributed by atoms with Crippen LogP contribution in [-0.2, 0) is 10.0 Å². The molecule has 34 heavy (non-hydrogen) atoms. The molecule has 0 fully saturated rings. The van der Waals surface area contributed by atoms with Crippen molar-refractivity contribution in [1.82, 2.24) is 19.7 Å². The van der Waals surface area contributed by atoms with Crippen molar-refractivity contribution in [3.63, 3.8) is 0 Å². The Bertz CT molecular complexity index is 1180. The first kappa shape index (κ1) is 25.2. The maximum absolute atomic E-state index is 12.6. The molecule has 0 saturated carbocycles. The van der Waals surface area contributed by atoms with Crippen LogP contribution in [-0.4, -0.2) is 60.4 Å². The molecule has 14 heteroatoms. The summed E-state index contributed by atoms with van der Waals surface area (Å²) in [6.45, 7) is -1.24. The minimum atomic E-state index is -4.54. The lowest BCUT2D eigenvalue weighted by Crippen LogP contribution is -2.19. The maximum atomic E-state index is 12.6. The molecular formula is C20H22F3N5O5S. The number of benzene rings is 1. The highest BCUT2D eigenvalue weighted by molar-refractivity contribution is 7.89. The van der Waals surface area contributed by atoms with Gasteiger partial charge in [-0.2, -0.15) is 18.2 Å². The Labute approximate surface area is 193 Å². The van der Waals surface area contributed by atoms with Crippen LogP contribution < -0.4 is 19.3 Å². The third-order valence-corrected chi connectivity index (χ3v) is 5.19. The summed E-state index contributed by atoms with van der Waals surface area (Å²) in [5.74, 6) is 0.975. The molecule has 0 aliphatic carbocycles. The molecule has 0 bridgehead atoms. The molecule has 0 aliphatic rings. The van der Waals surface area contributed by atoms with E-state index >= 15 is 0 Å². The van der Waals surface area contributed by atoms with Crippen LogP contribution in [0.25, 0.3) is 17.1 Å². The van der Waals surface area contributed by atoms with Gasteiger partial charge in [0.2, 0.25) is 15.9 Å². The molecule has 184 valence electrons. The first-order valence-corrected chi connectivity index (χ1v) is 11.7. The highest BCUT2D eigenvalue weighted by atomic mass is 32.2. The molecular weight excluding hydrogens is 479 g/mol. The summed E-state index contributed by atoms with van der Waals surface area (Å²) < 4.78 is 76.2. The van der Waals surface area contributed by atoms with Gasteiger partial charge in [-0.3, -0.25) is 0 Å². The fraction of sp³-hybridized carbons (Fsp3) is 0.350. The van der Waals surface area contributed by atoms with Gasteiger partial charge >= 0.3 is 12.2 Å². The van der Waals surface area contributed by atoms with Crippen LogP contribution >= 0.6 is 0 Å². The number of sulfonamides is 1. The summed E-state index contributed by atoms with van der Waals surface area (Å²) in [5, 5.41) is 8.99. The maximum Gasteiger partial charge on any atom is 0.422 e. The SMILES string of the molecule is COc1ccc(-n2nc(OCC(F)(F)F)nc2-c2ccc(OCCCCS(N)(=O)=O)cc2)cn1. The van der Waals surface area contributed by atoms with E-state index in [1.54, 1.807) is 36.4 Å². The highest BCUT2D eigenvalue weighted by Crippen LogP contribution is 2.27. The van der Waals surface area contributed by atoms with Gasteiger partial charge in [-0.25, -0.2) is 23.2 Å². The van der Waals surface area contributed by atoms with Gasteiger partial charge in [0.1, 0.15) is 5.75 Å². The quantitative estimate of drug-likeness (QED) is 0.397. The molecule has 0 atom stereocenters. The van der Waals surface area contributed by atoms with Crippen molar-refractivity contribution in [2.75, 3.05) is 26.1 Å². The molecule has 2 aromatic heterocycles. The Morgan fingerprint density at radius 3 is 2.38 bits per heavy atom. The van der Waals surface area contributed by atoms with Gasteiger partial charge in [0.25, 0.3) is 0 Å². The number of rotatable bonds is 11. The smallest absolute Gasteiger partial charge is 0.422 e. The summed E-state index contributed by atoms with van der Waals surface area (Å²) in [7, 11) is -2.05. The van der Waals surface area contributed by atoms with Crippen LogP contribution in [0.4, 0.5) is 13.2 Å². The lowest BCUT2D eigenvalue weighted by molar-refractivity contribution is -0.154. The van der Waals surface area contributed by atoms with Gasteiger partial charge in [0.15, 0.2) is 12.4 Å². The van der Waals surface area contributed by atoms with Gasteiger partial charge in [0.05, 0.1) is 31.4 Å². The average Bonchev–Trinajstić information content (AvgIpc) is 3.21. The van der Waals surface area contributed by atoms with Crippen LogP contribution in [0.15, 0.2) is 42.6 Å². The monoisotopic (exact) mass is 501 g/mol. The van der Waals surface area contributed by atoms with Gasteiger partial charge < -0.3 is 14.2 Å². The molecule has 0 spiro atoms. The van der Waals surface area contributed by atoms with Crippen LogP contribution in [0.2, 0.25) is 0 Å². The number of primary sulfonamides is 1. The van der Waals surface area contributed by atoms with E-state index in [9.17, 15) is 21.6 Å². The Morgan fingerprint density at radius 1 is 1.06 bits per heavy atom. The minimum absolute atomic E-state index is 0.121. The normalized spacial score (nSPS) is 11.9. The molecule has 0 amide bonds. The standard InChI is InChI=1S/C20H22F3N5O5S/c1-31-17-9-6-15(12-25-17)28-18(26-19(27-28)33-13-20(21,22)23)14-4-7-16(8-5-14)32-10-2-3-11-34(24,29)30/h4-9,12H,2-3,10-11,13H2,1H3,(H2,24,29,30). The van der Waals surface area contributed by atoms with E-state index in [1.165, 1.54) is 18.0 Å². The number of halogens is 3. The van der Waals surface area contributed by atoms with E-state index in [4.69, 9.17) is 19.3 Å². The fourth-order valence-electron chi connectivity index (χ4n) is 2.78. The minimum Gasteiger partial charge on any atom is -0.494 e. The predicted molar refractivity (Wildman–Crippen MR) is 115 cm³/mol. The van der Waals surface area contributed by atoms with Crippen LogP contribution in [0.5, 0.6) is 17.6 Å². The van der Waals surface area contributed by atoms with E-state index in [1.807, 2.05) is 0 Å². The number of ether oxygens (including phenoxy) is 3. The molecule has 1 aromatic carbocycles. The zero-order valence-corrected chi connectivity index (χ0v) is 18.8. The molecule has 0 aliphatic heterocycles. The van der Waals surface area contributed by atoms with E-state index < -0.39 is 28.8 Å². The third-order valence-electron chi connectivity index (χ3n) is 4.33. The Kier molecular flexibility index (Phi) is 7.94. The zero-order valence-electron chi connectivity index (χ0n) is 18.0. The summed E-state index contributed by atoms with van der Waals surface area (Å²) in [6, 6.07) is 9.36. The number of methoxy groups -OCH3 is 1. The van der Waals surface area contributed by atoms with Crippen molar-refractivity contribution < 1.29 is 35.8 Å². The second kappa shape index (κ2) is 10.7. The largest absolute Gasteiger partial charge is 0.494 e. The van der Waals surface area contributed by atoms with Crippen molar-refractivity contribution >= 4 is 10.0 Å². The molecule has 0 saturated heterocycles.